The zero-order valence-electron chi connectivity index (χ0n) is 60.8. The molecule has 598 valence electrons. The van der Waals surface area contributed by atoms with E-state index >= 15 is 0 Å². The van der Waals surface area contributed by atoms with Gasteiger partial charge in [0.2, 0.25) is 30.4 Å². The van der Waals surface area contributed by atoms with Crippen LogP contribution >= 0.6 is 21.6 Å². The lowest BCUT2D eigenvalue weighted by molar-refractivity contribution is -0.144. The van der Waals surface area contributed by atoms with Gasteiger partial charge in [0.05, 0.1) is 60.9 Å². The Kier molecular flexibility index (Phi) is 32.9. The van der Waals surface area contributed by atoms with Gasteiger partial charge in [-0.05, 0) is 73.9 Å². The van der Waals surface area contributed by atoms with E-state index < -0.39 is 151 Å². The second-order valence-corrected chi connectivity index (χ2v) is 28.7. The number of hydrogen-bond acceptors (Lipinski definition) is 25. The summed E-state index contributed by atoms with van der Waals surface area (Å²) < 4.78 is 35.6. The molecule has 2 aliphatic rings. The molecule has 1 aliphatic heterocycles. The van der Waals surface area contributed by atoms with E-state index in [4.69, 9.17) is 34.5 Å². The molecule has 0 fully saturated rings. The number of pyridine rings is 1. The number of aryl methyl sites for hydroxylation is 1. The first kappa shape index (κ1) is 85.7. The third-order valence-corrected chi connectivity index (χ3v) is 20.4. The number of carboxylic acids is 4. The van der Waals surface area contributed by atoms with Crippen molar-refractivity contribution in [1.82, 2.24) is 46.0 Å². The molecule has 0 spiro atoms. The van der Waals surface area contributed by atoms with E-state index in [1.807, 2.05) is 4.57 Å². The van der Waals surface area contributed by atoms with Gasteiger partial charge in [-0.25, -0.2) is 19.4 Å². The van der Waals surface area contributed by atoms with Crippen LogP contribution in [-0.2, 0) is 88.1 Å². The Morgan fingerprint density at radius 3 is 1.99 bits per heavy atom. The van der Waals surface area contributed by atoms with Crippen molar-refractivity contribution in [3.8, 4) is 34.3 Å². The first-order chi connectivity index (χ1) is 53.8. The van der Waals surface area contributed by atoms with E-state index in [9.17, 15) is 87.2 Å². The lowest BCUT2D eigenvalue weighted by Gasteiger charge is -2.23. The van der Waals surface area contributed by atoms with Gasteiger partial charge in [-0.3, -0.25) is 57.5 Å². The summed E-state index contributed by atoms with van der Waals surface area (Å²) in [6.45, 7) is 0.00873. The fourth-order valence-corrected chi connectivity index (χ4v) is 14.4. The first-order valence-electron chi connectivity index (χ1n) is 35.7. The maximum absolute atomic E-state index is 14.5. The molecular weight excluding hydrogens is 1510 g/mol. The Morgan fingerprint density at radius 2 is 1.33 bits per heavy atom. The molecule has 37 heteroatoms. The van der Waals surface area contributed by atoms with Crippen molar-refractivity contribution >= 4 is 116 Å². The standard InChI is InChI=1S/C75H86N10O25S2/c1-105-57-33-47-50(71(98)85(25-12-24-84-26-23-77-40-84)67-48-34-58-59(109-42-108-58)35-49(48)68(95)66(47)67)36-60(57)110-75(104)106-27-28-111-112-39-46(72(99)100)32-56(88)54(37-65(93)94)81-70(97)51(76)38-79-69(96)45(29-43-13-6-4-7-14-43)31-55(87)53(30-44-15-8-5-9-16-44)80-62(90)17-10-2-3-11-22-78-61(89)19-18-52(73(101)102)82-74(103)83-63(107-41-86)20-21-64(91)92/h4-9,13-16,23,26,33-36,40-41,45-46,51-54,63H,2-3,10-12,17-22,24-25,27-32,37-39,42,76H2,1H3,(H,78,89)(H,79,96)(H,80,90)(H,81,97)(H,91,92)(H,93,94)(H,99,100)(H,101,102)(H2,82,83,103)/t45-,46-,51+,52+,53+,54+,63-/m1/s1. The fraction of sp³-hybridized carbons (Fsp3) is 0.413. The third-order valence-electron chi connectivity index (χ3n) is 18.0. The number of nitrogens with two attached hydrogens (primary N) is 1. The molecule has 0 unspecified atom stereocenters. The number of amides is 6. The smallest absolute Gasteiger partial charge is 0.493 e. The molecular formula is C75H86N10O25S2. The van der Waals surface area contributed by atoms with Crippen LogP contribution in [0.5, 0.6) is 23.0 Å². The van der Waals surface area contributed by atoms with Crippen molar-refractivity contribution in [2.24, 2.45) is 17.6 Å². The maximum Gasteiger partial charge on any atom is 0.514 e. The number of fused-ring (bicyclic) bond motifs is 6. The Hall–Kier alpha value is -11.9. The van der Waals surface area contributed by atoms with Crippen LogP contribution in [0.15, 0.2) is 108 Å². The Labute approximate surface area is 647 Å². The van der Waals surface area contributed by atoms with E-state index in [-0.39, 0.29) is 117 Å². The zero-order valence-corrected chi connectivity index (χ0v) is 62.4. The second kappa shape index (κ2) is 42.9. The van der Waals surface area contributed by atoms with Gasteiger partial charge in [0.1, 0.15) is 18.7 Å². The number of benzene rings is 4. The molecule has 0 saturated carbocycles. The number of rotatable bonds is 49. The van der Waals surface area contributed by atoms with Crippen LogP contribution in [0.2, 0.25) is 0 Å². The number of hydrogen-bond donors (Lipinski definition) is 11. The number of aromatic nitrogens is 3. The van der Waals surface area contributed by atoms with Gasteiger partial charge in [0, 0.05) is 105 Å². The summed E-state index contributed by atoms with van der Waals surface area (Å²) in [5.41, 5.74) is 8.49. The van der Waals surface area contributed by atoms with Crippen LogP contribution in [0, 0.1) is 11.8 Å². The quantitative estimate of drug-likeness (QED) is 0.00614. The van der Waals surface area contributed by atoms with Crippen molar-refractivity contribution in [3.63, 3.8) is 0 Å². The summed E-state index contributed by atoms with van der Waals surface area (Å²) in [6, 6.07) is 16.4. The molecule has 6 aromatic rings. The highest BCUT2D eigenvalue weighted by atomic mass is 33.1. The van der Waals surface area contributed by atoms with Crippen LogP contribution in [-0.4, -0.2) is 194 Å². The largest absolute Gasteiger partial charge is 0.514 e. The van der Waals surface area contributed by atoms with Crippen LogP contribution < -0.4 is 62.1 Å². The van der Waals surface area contributed by atoms with Crippen molar-refractivity contribution < 1.29 is 116 Å². The number of nitrogens with one attached hydrogen (secondary N) is 6. The second-order valence-electron chi connectivity index (χ2n) is 26.1. The summed E-state index contributed by atoms with van der Waals surface area (Å²) in [4.78, 5) is 198. The molecule has 0 saturated heterocycles. The van der Waals surface area contributed by atoms with Crippen LogP contribution in [0.1, 0.15) is 111 Å². The Morgan fingerprint density at radius 1 is 0.652 bits per heavy atom. The highest BCUT2D eigenvalue weighted by molar-refractivity contribution is 8.76. The lowest BCUT2D eigenvalue weighted by atomic mass is 9.89. The molecule has 4 aromatic carbocycles. The fourth-order valence-electron chi connectivity index (χ4n) is 12.3. The molecule has 7 atom stereocenters. The van der Waals surface area contributed by atoms with Crippen molar-refractivity contribution in [1.29, 1.82) is 0 Å². The minimum absolute atomic E-state index is 0.00622. The molecule has 2 aromatic heterocycles. The summed E-state index contributed by atoms with van der Waals surface area (Å²) in [6.07, 6.45) is 1.60. The van der Waals surface area contributed by atoms with Gasteiger partial charge in [0.15, 0.2) is 46.6 Å². The van der Waals surface area contributed by atoms with E-state index in [1.54, 1.807) is 91.5 Å². The van der Waals surface area contributed by atoms with Gasteiger partial charge >= 0.3 is 36.1 Å². The van der Waals surface area contributed by atoms with Crippen LogP contribution in [0.3, 0.4) is 0 Å². The van der Waals surface area contributed by atoms with Gasteiger partial charge < -0.3 is 95.6 Å². The van der Waals surface area contributed by atoms with Crippen molar-refractivity contribution in [2.45, 2.75) is 140 Å². The number of urea groups is 1. The predicted octanol–water partition coefficient (Wildman–Crippen LogP) is 4.71. The van der Waals surface area contributed by atoms with Gasteiger partial charge in [0.25, 0.3) is 12.0 Å². The molecule has 6 amide bonds. The normalized spacial score (nSPS) is 13.6. The summed E-state index contributed by atoms with van der Waals surface area (Å²) >= 11 is 0. The predicted molar refractivity (Wildman–Crippen MR) is 401 cm³/mol. The third kappa shape index (κ3) is 25.6. The van der Waals surface area contributed by atoms with Crippen molar-refractivity contribution in [3.05, 3.63) is 136 Å². The number of Topliss-reactive ketones (excluding diaryl/α,β-unsaturated/α-hetero) is 2. The topological polar surface area (TPSA) is 513 Å². The Bertz CT molecular complexity index is 4450. The monoisotopic (exact) mass is 1590 g/mol. The summed E-state index contributed by atoms with van der Waals surface area (Å²) in [5.74, 6) is -12.2. The maximum atomic E-state index is 14.5. The molecule has 0 bridgehead atoms. The number of methoxy groups -OCH3 is 1. The molecule has 0 radical (unpaired) electrons. The number of unbranched alkanes of at least 4 members (excludes halogenated alkanes) is 3. The number of carbonyl (C=O) groups excluding carboxylic acids is 10. The number of aliphatic carboxylic acids is 4. The first-order valence-corrected chi connectivity index (χ1v) is 38.2. The molecule has 35 nitrogen and oxygen atoms in total. The molecule has 12 N–H and O–H groups in total. The average molecular weight is 1590 g/mol. The van der Waals surface area contributed by atoms with E-state index in [0.717, 1.165) is 21.6 Å². The molecule has 1 aliphatic carbocycles. The minimum Gasteiger partial charge on any atom is -0.493 e. The van der Waals surface area contributed by atoms with Gasteiger partial charge in [-0.15, -0.1) is 0 Å². The molecule has 112 heavy (non-hydrogen) atoms. The number of ether oxygens (including phenoxy) is 6. The van der Waals surface area contributed by atoms with E-state index in [0.29, 0.717) is 78.1 Å². The van der Waals surface area contributed by atoms with Crippen molar-refractivity contribution in [2.75, 3.05) is 45.1 Å². The summed E-state index contributed by atoms with van der Waals surface area (Å²) in [7, 11) is 3.37. The SMILES string of the molecule is COc1cc2c3c(n(CCCn4ccnc4)c(=O)c2cc1OC(=O)OCCSSC[C@@H](CC(=O)[C@H](CC(=O)O)NC(=O)[C@@H](N)CNC(=O)[C@@H](CC(=O)[C@H](Cc1ccccc1)NC(=O)CCCCCCNC(=O)CC[C@H](NC(=O)N[C@@H](CCC(=O)O)OC=O)C(=O)O)Cc1ccccc1)C(=O)O)-c1cc2c(cc1C3=O)OCO2. The summed E-state index contributed by atoms with van der Waals surface area (Å²) in [5, 5.41) is 53.4. The van der Waals surface area contributed by atoms with Crippen LogP contribution in [0.4, 0.5) is 9.59 Å². The number of carbonyl (C=O) groups is 14. The molecule has 3 heterocycles. The Balaban J connectivity index is 0.785. The average Bonchev–Trinajstić information content (AvgIpc) is 1.54. The molecule has 8 rings (SSSR count). The number of nitrogens with zero attached hydrogens (tertiary/aromatic N) is 3. The van der Waals surface area contributed by atoms with Gasteiger partial charge in [-0.1, -0.05) is 95.1 Å². The van der Waals surface area contributed by atoms with Crippen LogP contribution in [0.25, 0.3) is 22.0 Å². The lowest BCUT2D eigenvalue weighted by Crippen LogP contribution is -2.53. The highest BCUT2D eigenvalue weighted by Gasteiger charge is 2.38. The van der Waals surface area contributed by atoms with E-state index in [2.05, 4.69) is 41.6 Å². The van der Waals surface area contributed by atoms with E-state index in [1.165, 1.54) is 23.8 Å². The number of carboxylic acid groups (broad SMARTS) is 4. The highest BCUT2D eigenvalue weighted by Crippen LogP contribution is 2.47. The number of ketones is 3. The number of imidazole rings is 1. The minimum atomic E-state index is -1.76. The van der Waals surface area contributed by atoms with Gasteiger partial charge in [-0.2, -0.15) is 0 Å². The zero-order chi connectivity index (χ0) is 80.8.